The molecule has 3 heterocycles. The Morgan fingerprint density at radius 2 is 1.88 bits per heavy atom. The summed E-state index contributed by atoms with van der Waals surface area (Å²) in [6.45, 7) is 0. The highest BCUT2D eigenvalue weighted by atomic mass is 35.5. The zero-order valence-electron chi connectivity index (χ0n) is 12.2. The molecule has 8 heteroatoms. The number of hydrogen-bond donors (Lipinski definition) is 0. The van der Waals surface area contributed by atoms with Gasteiger partial charge in [-0.3, -0.25) is 4.98 Å². The van der Waals surface area contributed by atoms with Crippen molar-refractivity contribution in [2.24, 2.45) is 0 Å². The van der Waals surface area contributed by atoms with Crippen molar-refractivity contribution < 1.29 is 4.39 Å². The second kappa shape index (κ2) is 6.86. The summed E-state index contributed by atoms with van der Waals surface area (Å²) < 4.78 is 14.9. The average molecular weight is 360 g/mol. The highest BCUT2D eigenvalue weighted by Gasteiger charge is 2.11. The van der Waals surface area contributed by atoms with Crippen LogP contribution in [0.3, 0.4) is 0 Å². The molecule has 3 aromatic heterocycles. The quantitative estimate of drug-likeness (QED) is 0.555. The van der Waals surface area contributed by atoms with Gasteiger partial charge in [-0.2, -0.15) is 9.61 Å². The Kier molecular flexibility index (Phi) is 4.64. The van der Waals surface area contributed by atoms with Crippen molar-refractivity contribution in [3.63, 3.8) is 0 Å². The van der Waals surface area contributed by atoms with Crippen LogP contribution in [0.2, 0.25) is 0 Å². The third kappa shape index (κ3) is 3.17. The van der Waals surface area contributed by atoms with Crippen molar-refractivity contribution in [2.75, 3.05) is 0 Å². The standard InChI is InChI=1S/C16H10FN5S.ClH/c17-13-3-1-2-11(10-13)4-5-14-21-22-15(19-20-16(22)23-14)12-6-8-18-9-7-12;/h1-10H;1H/b5-4+;. The van der Waals surface area contributed by atoms with Crippen molar-refractivity contribution in [1.29, 1.82) is 0 Å². The molecule has 0 aliphatic carbocycles. The molecule has 0 atom stereocenters. The van der Waals surface area contributed by atoms with E-state index >= 15 is 0 Å². The van der Waals surface area contributed by atoms with E-state index < -0.39 is 0 Å². The van der Waals surface area contributed by atoms with Gasteiger partial charge >= 0.3 is 0 Å². The minimum Gasteiger partial charge on any atom is -0.265 e. The molecule has 0 aliphatic rings. The molecule has 1 aromatic carbocycles. The second-order valence-electron chi connectivity index (χ2n) is 4.78. The van der Waals surface area contributed by atoms with Gasteiger partial charge in [-0.05, 0) is 35.9 Å². The molecule has 0 unspecified atom stereocenters. The van der Waals surface area contributed by atoms with Gasteiger partial charge < -0.3 is 0 Å². The molecule has 4 rings (SSSR count). The van der Waals surface area contributed by atoms with Crippen LogP contribution in [0.25, 0.3) is 28.5 Å². The fourth-order valence-corrected chi connectivity index (χ4v) is 2.90. The minimum atomic E-state index is -0.259. The van der Waals surface area contributed by atoms with Gasteiger partial charge in [-0.1, -0.05) is 29.5 Å². The van der Waals surface area contributed by atoms with Crippen LogP contribution in [0.4, 0.5) is 4.39 Å². The molecule has 0 bridgehead atoms. The Morgan fingerprint density at radius 3 is 2.67 bits per heavy atom. The summed E-state index contributed by atoms with van der Waals surface area (Å²) in [5.41, 5.74) is 1.68. The third-order valence-corrected chi connectivity index (χ3v) is 4.08. The van der Waals surface area contributed by atoms with E-state index in [1.54, 1.807) is 23.0 Å². The maximum absolute atomic E-state index is 13.2. The van der Waals surface area contributed by atoms with Gasteiger partial charge in [0.15, 0.2) is 5.82 Å². The van der Waals surface area contributed by atoms with E-state index in [9.17, 15) is 4.39 Å². The first kappa shape index (κ1) is 16.2. The van der Waals surface area contributed by atoms with Gasteiger partial charge in [0.05, 0.1) is 0 Å². The Morgan fingerprint density at radius 1 is 1.04 bits per heavy atom. The summed E-state index contributed by atoms with van der Waals surface area (Å²) in [7, 11) is 0. The molecule has 5 nitrogen and oxygen atoms in total. The number of rotatable bonds is 3. The van der Waals surface area contributed by atoms with Crippen LogP contribution in [-0.2, 0) is 0 Å². The van der Waals surface area contributed by atoms with E-state index in [0.717, 1.165) is 16.1 Å². The summed E-state index contributed by atoms with van der Waals surface area (Å²) in [6, 6.07) is 10.1. The van der Waals surface area contributed by atoms with Gasteiger partial charge in [0.1, 0.15) is 10.8 Å². The molecular weight excluding hydrogens is 349 g/mol. The van der Waals surface area contributed by atoms with Crippen LogP contribution < -0.4 is 0 Å². The topological polar surface area (TPSA) is 56.0 Å². The fourth-order valence-electron chi connectivity index (χ4n) is 2.16. The van der Waals surface area contributed by atoms with E-state index in [-0.39, 0.29) is 18.2 Å². The molecular formula is C16H11ClFN5S. The van der Waals surface area contributed by atoms with Gasteiger partial charge in [0, 0.05) is 18.0 Å². The van der Waals surface area contributed by atoms with Crippen molar-refractivity contribution >= 4 is 40.9 Å². The van der Waals surface area contributed by atoms with Crippen molar-refractivity contribution in [3.05, 3.63) is 65.2 Å². The normalized spacial score (nSPS) is 11.0. The van der Waals surface area contributed by atoms with Crippen molar-refractivity contribution in [2.45, 2.75) is 0 Å². The SMILES string of the molecule is Cl.Fc1cccc(/C=C/c2nn3c(-c4ccncc4)nnc3s2)c1. The van der Waals surface area contributed by atoms with Crippen molar-refractivity contribution in [1.82, 2.24) is 24.8 Å². The number of fused-ring (bicyclic) bond motifs is 1. The van der Waals surface area contributed by atoms with Crippen molar-refractivity contribution in [3.8, 4) is 11.4 Å². The number of hydrogen-bond acceptors (Lipinski definition) is 5. The molecule has 120 valence electrons. The largest absolute Gasteiger partial charge is 0.265 e. The van der Waals surface area contributed by atoms with Crippen LogP contribution in [0, 0.1) is 5.82 Å². The summed E-state index contributed by atoms with van der Waals surface area (Å²) in [6.07, 6.45) is 7.06. The van der Waals surface area contributed by atoms with Gasteiger partial charge in [-0.25, -0.2) is 4.39 Å². The number of halogens is 2. The predicted molar refractivity (Wildman–Crippen MR) is 94.5 cm³/mol. The first-order valence-electron chi connectivity index (χ1n) is 6.86. The Labute approximate surface area is 146 Å². The van der Waals surface area contributed by atoms with E-state index in [1.165, 1.54) is 23.5 Å². The van der Waals surface area contributed by atoms with Crippen LogP contribution in [-0.4, -0.2) is 24.8 Å². The monoisotopic (exact) mass is 359 g/mol. The Bertz CT molecular complexity index is 996. The molecule has 0 aliphatic heterocycles. The molecule has 24 heavy (non-hydrogen) atoms. The molecule has 0 amide bonds. The van der Waals surface area contributed by atoms with Crippen LogP contribution in [0.1, 0.15) is 10.6 Å². The molecule has 0 saturated heterocycles. The summed E-state index contributed by atoms with van der Waals surface area (Å²) in [5, 5.41) is 13.6. The molecule has 0 fully saturated rings. The van der Waals surface area contributed by atoms with Gasteiger partial charge in [0.2, 0.25) is 4.96 Å². The summed E-state index contributed by atoms with van der Waals surface area (Å²) >= 11 is 1.42. The molecule has 0 N–H and O–H groups in total. The second-order valence-corrected chi connectivity index (χ2v) is 5.77. The number of nitrogens with zero attached hydrogens (tertiary/aromatic N) is 5. The van der Waals surface area contributed by atoms with Gasteiger partial charge in [0.25, 0.3) is 0 Å². The van der Waals surface area contributed by atoms with E-state index in [0.29, 0.717) is 10.8 Å². The first-order valence-corrected chi connectivity index (χ1v) is 7.67. The van der Waals surface area contributed by atoms with E-state index in [1.807, 2.05) is 30.4 Å². The lowest BCUT2D eigenvalue weighted by Crippen LogP contribution is -1.90. The third-order valence-electron chi connectivity index (χ3n) is 3.21. The van der Waals surface area contributed by atoms with Crippen LogP contribution >= 0.6 is 23.7 Å². The minimum absolute atomic E-state index is 0. The number of aromatic nitrogens is 5. The highest BCUT2D eigenvalue weighted by molar-refractivity contribution is 7.17. The molecule has 0 radical (unpaired) electrons. The maximum Gasteiger partial charge on any atom is 0.235 e. The first-order chi connectivity index (χ1) is 11.3. The Balaban J connectivity index is 0.00000169. The highest BCUT2D eigenvalue weighted by Crippen LogP contribution is 2.22. The maximum atomic E-state index is 13.2. The fraction of sp³-hybridized carbons (Fsp3) is 0. The van der Waals surface area contributed by atoms with Crippen LogP contribution in [0.15, 0.2) is 48.8 Å². The van der Waals surface area contributed by atoms with E-state index in [2.05, 4.69) is 20.3 Å². The molecule has 4 aromatic rings. The zero-order valence-corrected chi connectivity index (χ0v) is 13.8. The Hall–Kier alpha value is -2.64. The molecule has 0 saturated carbocycles. The lowest BCUT2D eigenvalue weighted by molar-refractivity contribution is 0.627. The smallest absolute Gasteiger partial charge is 0.235 e. The summed E-state index contributed by atoms with van der Waals surface area (Å²) in [4.78, 5) is 4.70. The number of benzene rings is 1. The lowest BCUT2D eigenvalue weighted by Gasteiger charge is -1.94. The predicted octanol–water partition coefficient (Wildman–Crippen LogP) is 3.98. The average Bonchev–Trinajstić information content (AvgIpc) is 3.14. The zero-order chi connectivity index (χ0) is 15.6. The van der Waals surface area contributed by atoms with Gasteiger partial charge in [-0.15, -0.1) is 22.6 Å². The molecule has 0 spiro atoms. The number of pyridine rings is 1. The van der Waals surface area contributed by atoms with Crippen LogP contribution in [0.5, 0.6) is 0 Å². The van der Waals surface area contributed by atoms with E-state index in [4.69, 9.17) is 0 Å². The lowest BCUT2D eigenvalue weighted by atomic mass is 10.2. The summed E-state index contributed by atoms with van der Waals surface area (Å²) in [5.74, 6) is 0.411.